The van der Waals surface area contributed by atoms with Crippen LogP contribution in [0.1, 0.15) is 12.2 Å². The molecule has 1 aromatic heterocycles. The third-order valence-corrected chi connectivity index (χ3v) is 3.63. The van der Waals surface area contributed by atoms with Crippen LogP contribution in [0.5, 0.6) is 0 Å². The average Bonchev–Trinajstić information content (AvgIpc) is 2.76. The minimum atomic E-state index is -0.147. The zero-order valence-electron chi connectivity index (χ0n) is 10.4. The van der Waals surface area contributed by atoms with Gasteiger partial charge in [0.25, 0.3) is 5.56 Å². The van der Waals surface area contributed by atoms with Crippen LogP contribution in [-0.4, -0.2) is 34.0 Å². The highest BCUT2D eigenvalue weighted by Crippen LogP contribution is 2.15. The van der Waals surface area contributed by atoms with Gasteiger partial charge in [-0.3, -0.25) is 9.69 Å². The average molecular weight is 279 g/mol. The fourth-order valence-electron chi connectivity index (χ4n) is 2.45. The molecule has 1 aliphatic heterocycles. The summed E-state index contributed by atoms with van der Waals surface area (Å²) in [6.45, 7) is 2.42. The van der Waals surface area contributed by atoms with Crippen LogP contribution in [0.2, 0.25) is 5.02 Å². The summed E-state index contributed by atoms with van der Waals surface area (Å²) in [5.41, 5.74) is 6.39. The van der Waals surface area contributed by atoms with Crippen LogP contribution >= 0.6 is 11.6 Å². The molecule has 0 aliphatic carbocycles. The maximum absolute atomic E-state index is 12.0. The number of halogens is 1. The van der Waals surface area contributed by atoms with Crippen LogP contribution in [0.25, 0.3) is 10.9 Å². The van der Waals surface area contributed by atoms with E-state index in [4.69, 9.17) is 17.3 Å². The number of nitrogens with one attached hydrogen (secondary N) is 1. The number of H-pyrrole nitrogens is 1. The second-order valence-electron chi connectivity index (χ2n) is 4.96. The van der Waals surface area contributed by atoms with E-state index in [0.29, 0.717) is 28.3 Å². The summed E-state index contributed by atoms with van der Waals surface area (Å²) in [6, 6.07) is 5.38. The summed E-state index contributed by atoms with van der Waals surface area (Å²) in [6.07, 6.45) is 0.993. The van der Waals surface area contributed by atoms with Crippen molar-refractivity contribution in [3.05, 3.63) is 39.4 Å². The Labute approximate surface area is 115 Å². The Balaban J connectivity index is 1.93. The zero-order valence-corrected chi connectivity index (χ0v) is 11.2. The minimum absolute atomic E-state index is 0.147. The smallest absolute Gasteiger partial charge is 0.258 e. The van der Waals surface area contributed by atoms with Gasteiger partial charge in [0.1, 0.15) is 5.82 Å². The topological polar surface area (TPSA) is 75.0 Å². The van der Waals surface area contributed by atoms with Gasteiger partial charge in [0, 0.05) is 24.2 Å². The fourth-order valence-corrected chi connectivity index (χ4v) is 2.62. The molecule has 2 aromatic rings. The molecule has 0 unspecified atom stereocenters. The van der Waals surface area contributed by atoms with Crippen molar-refractivity contribution in [1.82, 2.24) is 14.9 Å². The molecule has 3 N–H and O–H groups in total. The van der Waals surface area contributed by atoms with Gasteiger partial charge >= 0.3 is 0 Å². The van der Waals surface area contributed by atoms with Crippen LogP contribution in [0, 0.1) is 0 Å². The normalized spacial score (nSPS) is 20.2. The molecule has 1 atom stereocenters. The van der Waals surface area contributed by atoms with E-state index in [1.165, 1.54) is 0 Å². The first-order valence-electron chi connectivity index (χ1n) is 6.28. The SMILES string of the molecule is N[C@@H]1CCN(Cc2nc3ccc(Cl)cc3c(=O)[nH]2)C1. The maximum Gasteiger partial charge on any atom is 0.258 e. The molecule has 5 nitrogen and oxygen atoms in total. The molecular weight excluding hydrogens is 264 g/mol. The van der Waals surface area contributed by atoms with Gasteiger partial charge in [0.2, 0.25) is 0 Å². The number of aromatic amines is 1. The van der Waals surface area contributed by atoms with Crippen LogP contribution in [-0.2, 0) is 6.54 Å². The number of rotatable bonds is 2. The fraction of sp³-hybridized carbons (Fsp3) is 0.385. The Morgan fingerprint density at radius 3 is 3.11 bits per heavy atom. The maximum atomic E-state index is 12.0. The van der Waals surface area contributed by atoms with E-state index >= 15 is 0 Å². The Bertz CT molecular complexity index is 669. The van der Waals surface area contributed by atoms with Crippen molar-refractivity contribution in [2.24, 2.45) is 5.73 Å². The van der Waals surface area contributed by atoms with Crippen molar-refractivity contribution in [3.8, 4) is 0 Å². The number of likely N-dealkylation sites (tertiary alicyclic amines) is 1. The molecule has 6 heteroatoms. The van der Waals surface area contributed by atoms with Crippen molar-refractivity contribution in [1.29, 1.82) is 0 Å². The van der Waals surface area contributed by atoms with Gasteiger partial charge in [0.05, 0.1) is 17.4 Å². The molecule has 2 heterocycles. The zero-order chi connectivity index (χ0) is 13.4. The molecule has 1 fully saturated rings. The summed E-state index contributed by atoms with van der Waals surface area (Å²) in [5, 5.41) is 1.06. The van der Waals surface area contributed by atoms with Gasteiger partial charge in [0.15, 0.2) is 0 Å². The minimum Gasteiger partial charge on any atom is -0.326 e. The van der Waals surface area contributed by atoms with Crippen molar-refractivity contribution in [3.63, 3.8) is 0 Å². The van der Waals surface area contributed by atoms with E-state index in [9.17, 15) is 4.79 Å². The summed E-state index contributed by atoms with van der Waals surface area (Å²) in [5.74, 6) is 0.675. The van der Waals surface area contributed by atoms with Gasteiger partial charge in [-0.15, -0.1) is 0 Å². The summed E-state index contributed by atoms with van der Waals surface area (Å²) >= 11 is 5.88. The van der Waals surface area contributed by atoms with E-state index in [-0.39, 0.29) is 11.6 Å². The van der Waals surface area contributed by atoms with Crippen LogP contribution in [0.3, 0.4) is 0 Å². The molecule has 1 aliphatic rings. The molecule has 3 rings (SSSR count). The molecule has 0 saturated carbocycles. The first-order chi connectivity index (χ1) is 9.11. The predicted molar refractivity (Wildman–Crippen MR) is 75.2 cm³/mol. The van der Waals surface area contributed by atoms with Crippen LogP contribution in [0.4, 0.5) is 0 Å². The molecular formula is C13H15ClN4O. The lowest BCUT2D eigenvalue weighted by molar-refractivity contribution is 0.318. The molecule has 1 saturated heterocycles. The number of fused-ring (bicyclic) bond motifs is 1. The van der Waals surface area contributed by atoms with Crippen molar-refractivity contribution in [2.45, 2.75) is 19.0 Å². The first-order valence-corrected chi connectivity index (χ1v) is 6.66. The third kappa shape index (κ3) is 2.63. The number of benzene rings is 1. The summed E-state index contributed by atoms with van der Waals surface area (Å²) in [4.78, 5) is 21.5. The lowest BCUT2D eigenvalue weighted by Crippen LogP contribution is -2.27. The molecule has 0 bridgehead atoms. The highest BCUT2D eigenvalue weighted by molar-refractivity contribution is 6.31. The second kappa shape index (κ2) is 4.92. The van der Waals surface area contributed by atoms with Crippen LogP contribution in [0.15, 0.2) is 23.0 Å². The van der Waals surface area contributed by atoms with E-state index in [0.717, 1.165) is 19.5 Å². The molecule has 100 valence electrons. The van der Waals surface area contributed by atoms with Crippen molar-refractivity contribution >= 4 is 22.5 Å². The molecule has 0 amide bonds. The number of nitrogens with two attached hydrogens (primary N) is 1. The van der Waals surface area contributed by atoms with E-state index in [1.54, 1.807) is 18.2 Å². The van der Waals surface area contributed by atoms with Gasteiger partial charge < -0.3 is 10.7 Å². The Hall–Kier alpha value is -1.43. The van der Waals surface area contributed by atoms with Gasteiger partial charge in [-0.25, -0.2) is 4.98 Å². The molecule has 0 radical (unpaired) electrons. The Kier molecular flexibility index (Phi) is 3.26. The quantitative estimate of drug-likeness (QED) is 0.863. The van der Waals surface area contributed by atoms with E-state index in [1.807, 2.05) is 0 Å². The monoisotopic (exact) mass is 278 g/mol. The standard InChI is InChI=1S/C13H15ClN4O/c14-8-1-2-11-10(5-8)13(19)17-12(16-11)7-18-4-3-9(15)6-18/h1-2,5,9H,3-4,6-7,15H2,(H,16,17,19)/t9-/m1/s1. The number of hydrogen-bond donors (Lipinski definition) is 2. The van der Waals surface area contributed by atoms with Crippen LogP contribution < -0.4 is 11.3 Å². The first kappa shape index (κ1) is 12.6. The predicted octanol–water partition coefficient (Wildman–Crippen LogP) is 1.11. The van der Waals surface area contributed by atoms with Crippen molar-refractivity contribution < 1.29 is 0 Å². The van der Waals surface area contributed by atoms with Gasteiger partial charge in [-0.1, -0.05) is 11.6 Å². The summed E-state index contributed by atoms with van der Waals surface area (Å²) in [7, 11) is 0. The molecule has 19 heavy (non-hydrogen) atoms. The number of aromatic nitrogens is 2. The van der Waals surface area contributed by atoms with E-state index in [2.05, 4.69) is 14.9 Å². The second-order valence-corrected chi connectivity index (χ2v) is 5.39. The lowest BCUT2D eigenvalue weighted by atomic mass is 10.2. The highest BCUT2D eigenvalue weighted by atomic mass is 35.5. The lowest BCUT2D eigenvalue weighted by Gasteiger charge is -2.14. The largest absolute Gasteiger partial charge is 0.326 e. The Morgan fingerprint density at radius 2 is 2.37 bits per heavy atom. The van der Waals surface area contributed by atoms with Gasteiger partial charge in [-0.2, -0.15) is 0 Å². The van der Waals surface area contributed by atoms with E-state index < -0.39 is 0 Å². The van der Waals surface area contributed by atoms with Crippen molar-refractivity contribution in [2.75, 3.05) is 13.1 Å². The molecule has 1 aromatic carbocycles. The summed E-state index contributed by atoms with van der Waals surface area (Å²) < 4.78 is 0. The number of hydrogen-bond acceptors (Lipinski definition) is 4. The Morgan fingerprint density at radius 1 is 1.53 bits per heavy atom. The highest BCUT2D eigenvalue weighted by Gasteiger charge is 2.19. The third-order valence-electron chi connectivity index (χ3n) is 3.40. The molecule has 0 spiro atoms. The van der Waals surface area contributed by atoms with Gasteiger partial charge in [-0.05, 0) is 24.6 Å². The number of nitrogens with zero attached hydrogens (tertiary/aromatic N) is 2.